The first-order valence-corrected chi connectivity index (χ1v) is 7.36. The van der Waals surface area contributed by atoms with Gasteiger partial charge in [0.1, 0.15) is 0 Å². The van der Waals surface area contributed by atoms with Crippen LogP contribution < -0.4 is 10.6 Å². The van der Waals surface area contributed by atoms with E-state index in [1.165, 1.54) is 0 Å². The van der Waals surface area contributed by atoms with Crippen molar-refractivity contribution in [2.75, 3.05) is 0 Å². The number of rotatable bonds is 6. The van der Waals surface area contributed by atoms with Crippen LogP contribution in [0.15, 0.2) is 42.6 Å². The van der Waals surface area contributed by atoms with Crippen molar-refractivity contribution >= 4 is 5.91 Å². The van der Waals surface area contributed by atoms with Gasteiger partial charge in [-0.15, -0.1) is 0 Å². The molecule has 3 rings (SSSR count). The third kappa shape index (κ3) is 3.70. The molecule has 21 heavy (non-hydrogen) atoms. The van der Waals surface area contributed by atoms with E-state index in [0.29, 0.717) is 12.6 Å². The van der Waals surface area contributed by atoms with Crippen molar-refractivity contribution in [2.24, 2.45) is 0 Å². The average Bonchev–Trinajstić information content (AvgIpc) is 3.20. The molecule has 1 fully saturated rings. The smallest absolute Gasteiger partial charge is 0.237 e. The zero-order valence-electron chi connectivity index (χ0n) is 12.1. The Balaban J connectivity index is 1.53. The Bertz CT molecular complexity index is 604. The van der Waals surface area contributed by atoms with Gasteiger partial charge in [0, 0.05) is 18.8 Å². The Labute approximate surface area is 124 Å². The van der Waals surface area contributed by atoms with E-state index in [1.807, 2.05) is 54.2 Å². The molecule has 1 heterocycles. The highest BCUT2D eigenvalue weighted by Crippen LogP contribution is 2.18. The van der Waals surface area contributed by atoms with E-state index >= 15 is 0 Å². The monoisotopic (exact) mass is 284 g/mol. The summed E-state index contributed by atoms with van der Waals surface area (Å²) in [5.74, 6) is 0.0694. The number of carbonyl (C=O) groups excluding carboxylic acids is 1. The summed E-state index contributed by atoms with van der Waals surface area (Å²) in [7, 11) is 0. The van der Waals surface area contributed by atoms with E-state index in [2.05, 4.69) is 15.7 Å². The Hall–Kier alpha value is -2.14. The highest BCUT2D eigenvalue weighted by atomic mass is 16.2. The van der Waals surface area contributed by atoms with E-state index < -0.39 is 0 Å². The van der Waals surface area contributed by atoms with Gasteiger partial charge in [-0.25, -0.2) is 4.68 Å². The Morgan fingerprint density at radius 2 is 2.10 bits per heavy atom. The lowest BCUT2D eigenvalue weighted by Gasteiger charge is -2.12. The van der Waals surface area contributed by atoms with Crippen LogP contribution >= 0.6 is 0 Å². The maximum absolute atomic E-state index is 11.8. The van der Waals surface area contributed by atoms with Gasteiger partial charge in [-0.3, -0.25) is 4.79 Å². The van der Waals surface area contributed by atoms with E-state index in [9.17, 15) is 4.79 Å². The van der Waals surface area contributed by atoms with Crippen LogP contribution in [0.5, 0.6) is 0 Å². The molecular formula is C16H20N4O. The molecule has 0 spiro atoms. The molecule has 0 radical (unpaired) electrons. The zero-order valence-corrected chi connectivity index (χ0v) is 12.1. The molecule has 2 aromatic rings. The number of nitrogens with one attached hydrogen (secondary N) is 2. The number of hydrogen-bond acceptors (Lipinski definition) is 3. The van der Waals surface area contributed by atoms with Crippen molar-refractivity contribution in [1.82, 2.24) is 20.4 Å². The average molecular weight is 284 g/mol. The molecule has 0 saturated heterocycles. The first kappa shape index (κ1) is 13.8. The third-order valence-corrected chi connectivity index (χ3v) is 3.57. The first-order valence-electron chi connectivity index (χ1n) is 7.36. The molecule has 0 bridgehead atoms. The molecule has 0 aliphatic heterocycles. The van der Waals surface area contributed by atoms with Gasteiger partial charge < -0.3 is 10.6 Å². The topological polar surface area (TPSA) is 59.0 Å². The fraction of sp³-hybridized carbons (Fsp3) is 0.375. The normalized spacial score (nSPS) is 15.7. The molecule has 1 unspecified atom stereocenters. The largest absolute Gasteiger partial charge is 0.352 e. The van der Waals surface area contributed by atoms with Crippen molar-refractivity contribution in [3.05, 3.63) is 48.3 Å². The molecule has 1 aliphatic carbocycles. The first-order chi connectivity index (χ1) is 10.2. The summed E-state index contributed by atoms with van der Waals surface area (Å²) < 4.78 is 1.84. The fourth-order valence-electron chi connectivity index (χ4n) is 2.08. The van der Waals surface area contributed by atoms with E-state index in [0.717, 1.165) is 24.2 Å². The number of amides is 1. The van der Waals surface area contributed by atoms with E-state index in [1.54, 1.807) is 0 Å². The summed E-state index contributed by atoms with van der Waals surface area (Å²) in [6.07, 6.45) is 4.15. The maximum Gasteiger partial charge on any atom is 0.237 e. The van der Waals surface area contributed by atoms with Crippen LogP contribution in [-0.2, 0) is 11.3 Å². The van der Waals surface area contributed by atoms with Crippen LogP contribution in [0.25, 0.3) is 5.69 Å². The van der Waals surface area contributed by atoms with Gasteiger partial charge in [-0.1, -0.05) is 18.2 Å². The summed E-state index contributed by atoms with van der Waals surface area (Å²) in [5.41, 5.74) is 1.95. The minimum Gasteiger partial charge on any atom is -0.352 e. The lowest BCUT2D eigenvalue weighted by molar-refractivity contribution is -0.122. The van der Waals surface area contributed by atoms with Gasteiger partial charge >= 0.3 is 0 Å². The summed E-state index contributed by atoms with van der Waals surface area (Å²) in [6.45, 7) is 2.46. The van der Waals surface area contributed by atoms with Crippen LogP contribution in [0, 0.1) is 0 Å². The number of aromatic nitrogens is 2. The highest BCUT2D eigenvalue weighted by molar-refractivity contribution is 5.81. The van der Waals surface area contributed by atoms with Crippen molar-refractivity contribution < 1.29 is 4.79 Å². The van der Waals surface area contributed by atoms with Gasteiger partial charge in [0.2, 0.25) is 5.91 Å². The summed E-state index contributed by atoms with van der Waals surface area (Å²) in [5, 5.41) is 10.7. The van der Waals surface area contributed by atoms with Crippen LogP contribution in [-0.4, -0.2) is 27.8 Å². The third-order valence-electron chi connectivity index (χ3n) is 3.57. The standard InChI is InChI=1S/C16H20N4O/c1-12(16(21)18-13-7-8-13)17-11-14-9-10-20(19-14)15-5-3-2-4-6-15/h2-6,9-10,12-13,17H,7-8,11H2,1H3,(H,18,21). The SMILES string of the molecule is CC(NCc1ccn(-c2ccccc2)n1)C(=O)NC1CC1. The lowest BCUT2D eigenvalue weighted by atomic mass is 10.3. The molecule has 5 nitrogen and oxygen atoms in total. The molecular weight excluding hydrogens is 264 g/mol. The Morgan fingerprint density at radius 1 is 1.33 bits per heavy atom. The maximum atomic E-state index is 11.8. The zero-order chi connectivity index (χ0) is 14.7. The van der Waals surface area contributed by atoms with Gasteiger partial charge in [-0.2, -0.15) is 5.10 Å². The summed E-state index contributed by atoms with van der Waals surface area (Å²) >= 11 is 0. The lowest BCUT2D eigenvalue weighted by Crippen LogP contribution is -2.42. The predicted molar refractivity (Wildman–Crippen MR) is 81.0 cm³/mol. The summed E-state index contributed by atoms with van der Waals surface area (Å²) in [6, 6.07) is 12.1. The van der Waals surface area contributed by atoms with Crippen LogP contribution in [0.2, 0.25) is 0 Å². The minimum atomic E-state index is -0.201. The van der Waals surface area contributed by atoms with Crippen LogP contribution in [0.3, 0.4) is 0 Å². The molecule has 1 atom stereocenters. The number of para-hydroxylation sites is 1. The molecule has 1 aliphatic rings. The number of nitrogens with zero attached hydrogens (tertiary/aromatic N) is 2. The van der Waals surface area contributed by atoms with E-state index in [4.69, 9.17) is 0 Å². The van der Waals surface area contributed by atoms with Gasteiger partial charge in [-0.05, 0) is 38.0 Å². The molecule has 1 aromatic heterocycles. The van der Waals surface area contributed by atoms with E-state index in [-0.39, 0.29) is 11.9 Å². The second-order valence-corrected chi connectivity index (χ2v) is 5.47. The van der Waals surface area contributed by atoms with Crippen molar-refractivity contribution in [3.63, 3.8) is 0 Å². The Kier molecular flexibility index (Phi) is 4.01. The van der Waals surface area contributed by atoms with Gasteiger partial charge in [0.15, 0.2) is 0 Å². The Morgan fingerprint density at radius 3 is 2.81 bits per heavy atom. The van der Waals surface area contributed by atoms with Crippen molar-refractivity contribution in [2.45, 2.75) is 38.4 Å². The van der Waals surface area contributed by atoms with Gasteiger partial charge in [0.05, 0.1) is 17.4 Å². The molecule has 5 heteroatoms. The molecule has 1 amide bonds. The quantitative estimate of drug-likeness (QED) is 0.847. The predicted octanol–water partition coefficient (Wildman–Crippen LogP) is 1.63. The highest BCUT2D eigenvalue weighted by Gasteiger charge is 2.25. The van der Waals surface area contributed by atoms with Crippen LogP contribution in [0.4, 0.5) is 0 Å². The minimum absolute atomic E-state index is 0.0694. The second kappa shape index (κ2) is 6.10. The number of benzene rings is 1. The molecule has 1 aromatic carbocycles. The van der Waals surface area contributed by atoms with Crippen LogP contribution in [0.1, 0.15) is 25.5 Å². The van der Waals surface area contributed by atoms with Crippen molar-refractivity contribution in [3.8, 4) is 5.69 Å². The molecule has 2 N–H and O–H groups in total. The molecule has 1 saturated carbocycles. The van der Waals surface area contributed by atoms with Gasteiger partial charge in [0.25, 0.3) is 0 Å². The summed E-state index contributed by atoms with van der Waals surface area (Å²) in [4.78, 5) is 11.8. The number of carbonyl (C=O) groups is 1. The van der Waals surface area contributed by atoms with Crippen molar-refractivity contribution in [1.29, 1.82) is 0 Å². The number of hydrogen-bond donors (Lipinski definition) is 2. The second-order valence-electron chi connectivity index (χ2n) is 5.47. The fourth-order valence-corrected chi connectivity index (χ4v) is 2.08. The molecule has 110 valence electrons.